The summed E-state index contributed by atoms with van der Waals surface area (Å²) in [6.07, 6.45) is 0. The second kappa shape index (κ2) is 7.19. The standard InChI is InChI=1S/C2H4.2CHCl2.2Sn/c1-2;2*2-1-3;;/h1H,2H3;2*1H;;. The van der Waals surface area contributed by atoms with Crippen molar-refractivity contribution in [3.05, 3.63) is 0 Å². The Labute approximate surface area is 102 Å². The van der Waals surface area contributed by atoms with Crippen LogP contribution in [0.4, 0.5) is 0 Å². The van der Waals surface area contributed by atoms with Crippen molar-refractivity contribution < 1.29 is 0 Å². The first-order chi connectivity index (χ1) is 4.52. The van der Waals surface area contributed by atoms with E-state index < -0.39 is 42.3 Å². The van der Waals surface area contributed by atoms with Crippen LogP contribution < -0.4 is 0 Å². The van der Waals surface area contributed by atoms with Gasteiger partial charge in [-0.05, 0) is 0 Å². The van der Waals surface area contributed by atoms with Crippen LogP contribution in [0, 0.1) is 0 Å². The van der Waals surface area contributed by atoms with Crippen molar-refractivity contribution in [2.45, 2.75) is 14.6 Å². The van der Waals surface area contributed by atoms with Crippen molar-refractivity contribution in [2.24, 2.45) is 0 Å². The molecule has 0 spiro atoms. The molecular weight excluding hydrogens is 427 g/mol. The Morgan fingerprint density at radius 1 is 0.900 bits per heavy atom. The van der Waals surface area contributed by atoms with Crippen LogP contribution in [0.2, 0.25) is 1.95 Å². The van der Waals surface area contributed by atoms with Gasteiger partial charge in [-0.2, -0.15) is 0 Å². The van der Waals surface area contributed by atoms with Crippen molar-refractivity contribution in [3.63, 3.8) is 0 Å². The summed E-state index contributed by atoms with van der Waals surface area (Å²) >= 11 is 21.4. The van der Waals surface area contributed by atoms with Crippen LogP contribution >= 0.6 is 46.4 Å². The first-order valence-electron chi connectivity index (χ1n) is 2.60. The summed E-state index contributed by atoms with van der Waals surface area (Å²) in [6, 6.07) is 0. The van der Waals surface area contributed by atoms with Crippen molar-refractivity contribution in [1.82, 2.24) is 0 Å². The second-order valence-electron chi connectivity index (χ2n) is 1.66. The Balaban J connectivity index is 3.34. The molecule has 0 unspecified atom stereocenters. The van der Waals surface area contributed by atoms with Gasteiger partial charge in [0.25, 0.3) is 0 Å². The first kappa shape index (κ1) is 12.8. The van der Waals surface area contributed by atoms with E-state index >= 15 is 0 Å². The Morgan fingerprint density at radius 3 is 1.40 bits per heavy atom. The minimum atomic E-state index is -0.595. The molecule has 0 aromatic heterocycles. The zero-order valence-corrected chi connectivity index (χ0v) is 14.0. The third-order valence-electron chi connectivity index (χ3n) is 0.752. The molecule has 6 heteroatoms. The summed E-state index contributed by atoms with van der Waals surface area (Å²) in [7, 11) is 0. The summed E-state index contributed by atoms with van der Waals surface area (Å²) in [5.41, 5.74) is 0. The number of alkyl halides is 4. The van der Waals surface area contributed by atoms with Gasteiger partial charge in [-0.15, -0.1) is 0 Å². The van der Waals surface area contributed by atoms with Gasteiger partial charge in [0.2, 0.25) is 0 Å². The molecule has 0 aliphatic carbocycles. The Kier molecular flexibility index (Phi) is 9.17. The van der Waals surface area contributed by atoms with Crippen LogP contribution in [-0.2, 0) is 0 Å². The number of hydrogen-bond donors (Lipinski definition) is 0. The Hall–Kier alpha value is 2.76. The molecule has 0 saturated heterocycles. The summed E-state index contributed by atoms with van der Waals surface area (Å²) in [5.74, 6) is 0. The van der Waals surface area contributed by atoms with Crippen molar-refractivity contribution in [2.75, 3.05) is 0 Å². The Morgan fingerprint density at radius 2 is 1.20 bits per heavy atom. The van der Waals surface area contributed by atoms with Crippen LogP contribution in [0.3, 0.4) is 0 Å². The Bertz CT molecular complexity index is 77.3. The summed E-state index contributed by atoms with van der Waals surface area (Å²) < 4.78 is 0.547. The molecule has 0 atom stereocenters. The van der Waals surface area contributed by atoms with Gasteiger partial charge in [0.1, 0.15) is 0 Å². The van der Waals surface area contributed by atoms with Crippen LogP contribution in [0.15, 0.2) is 0 Å². The fourth-order valence-electron chi connectivity index (χ4n) is 0.426. The number of halogens is 4. The van der Waals surface area contributed by atoms with Gasteiger partial charge < -0.3 is 0 Å². The molecule has 0 amide bonds. The van der Waals surface area contributed by atoms with Gasteiger partial charge in [-0.3, -0.25) is 0 Å². The normalized spacial score (nSPS) is 12.0. The van der Waals surface area contributed by atoms with Gasteiger partial charge >= 0.3 is 103 Å². The number of rotatable bonds is 4. The van der Waals surface area contributed by atoms with Crippen LogP contribution in [0.1, 0.15) is 6.92 Å². The molecule has 0 bridgehead atoms. The van der Waals surface area contributed by atoms with E-state index in [0.29, 0.717) is 0 Å². The molecule has 58 valence electrons. The maximum absolute atomic E-state index is 5.64. The van der Waals surface area contributed by atoms with E-state index in [1.54, 1.807) is 0 Å². The quantitative estimate of drug-likeness (QED) is 0.473. The molecule has 0 aromatic carbocycles. The van der Waals surface area contributed by atoms with Gasteiger partial charge in [0.15, 0.2) is 0 Å². The van der Waals surface area contributed by atoms with Crippen molar-refractivity contribution in [3.8, 4) is 0 Å². The van der Waals surface area contributed by atoms with Crippen LogP contribution in [-0.4, -0.2) is 48.0 Å². The molecule has 0 fully saturated rings. The summed E-state index contributed by atoms with van der Waals surface area (Å²) in [5, 5.41) is 0. The third kappa shape index (κ3) is 8.85. The fraction of sp³-hybridized carbons (Fsp3) is 1.00. The van der Waals surface area contributed by atoms with Crippen molar-refractivity contribution in [1.29, 1.82) is 0 Å². The topological polar surface area (TPSA) is 0 Å². The molecule has 0 aliphatic heterocycles. The van der Waals surface area contributed by atoms with E-state index in [-0.39, 0.29) is 5.70 Å². The fourth-order valence-corrected chi connectivity index (χ4v) is 24.2. The van der Waals surface area contributed by atoms with E-state index in [9.17, 15) is 0 Å². The zero-order chi connectivity index (χ0) is 8.15. The van der Waals surface area contributed by atoms with E-state index in [0.717, 1.165) is 1.95 Å². The van der Waals surface area contributed by atoms with Crippen LogP contribution in [0.25, 0.3) is 0 Å². The predicted octanol–water partition coefficient (Wildman–Crippen LogP) is 2.68. The molecule has 0 rings (SSSR count). The van der Waals surface area contributed by atoms with Gasteiger partial charge in [0, 0.05) is 0 Å². The van der Waals surface area contributed by atoms with E-state index in [1.807, 2.05) is 0 Å². The molecule has 0 aromatic rings. The maximum atomic E-state index is 5.64. The zero-order valence-electron chi connectivity index (χ0n) is 5.24. The molecular formula is C4H6Cl4Sn2. The molecule has 0 heterocycles. The van der Waals surface area contributed by atoms with Crippen LogP contribution in [0.5, 0.6) is 0 Å². The molecule has 0 aliphatic rings. The molecule has 0 saturated carbocycles. The molecule has 0 nitrogen and oxygen atoms in total. The SMILES string of the molecule is C[CH]([Sn][CH](Cl)Cl)[Sn][CH](Cl)Cl. The monoisotopic (exact) mass is 434 g/mol. The van der Waals surface area contributed by atoms with E-state index in [1.165, 1.54) is 0 Å². The third-order valence-corrected chi connectivity index (χ3v) is 14.8. The average Bonchev–Trinajstić information content (AvgIpc) is 1.58. The van der Waals surface area contributed by atoms with Crippen molar-refractivity contribution >= 4 is 88.7 Å². The predicted molar refractivity (Wildman–Crippen MR) is 51.9 cm³/mol. The molecule has 0 N–H and O–H groups in total. The minimum absolute atomic E-state index is 0.0911. The van der Waals surface area contributed by atoms with E-state index in [2.05, 4.69) is 6.92 Å². The number of hydrogen-bond acceptors (Lipinski definition) is 0. The van der Waals surface area contributed by atoms with Gasteiger partial charge in [0.05, 0.1) is 0 Å². The first-order valence-corrected chi connectivity index (χ1v) is 10.9. The average molecular weight is 433 g/mol. The summed E-state index contributed by atoms with van der Waals surface area (Å²) in [6.45, 7) is 2.17. The molecule has 10 heavy (non-hydrogen) atoms. The summed E-state index contributed by atoms with van der Waals surface area (Å²) in [4.78, 5) is 0. The van der Waals surface area contributed by atoms with E-state index in [4.69, 9.17) is 46.4 Å². The second-order valence-corrected chi connectivity index (χ2v) is 22.9. The van der Waals surface area contributed by atoms with Gasteiger partial charge in [-0.25, -0.2) is 0 Å². The van der Waals surface area contributed by atoms with Gasteiger partial charge in [-0.1, -0.05) is 0 Å². The molecule has 4 radical (unpaired) electrons.